The molecule has 1 rings (SSSR count). The zero-order chi connectivity index (χ0) is 16.3. The second-order valence-electron chi connectivity index (χ2n) is 2.54. The number of hydrogen-bond acceptors (Lipinski definition) is 0. The summed E-state index contributed by atoms with van der Waals surface area (Å²) in [6.45, 7) is 25.5. The van der Waals surface area contributed by atoms with Gasteiger partial charge in [-0.3, -0.25) is 0 Å². The second kappa shape index (κ2) is 30.6. The monoisotopic (exact) mass is 280 g/mol. The first-order valence-electron chi connectivity index (χ1n) is 7.63. The number of rotatable bonds is 2. The van der Waals surface area contributed by atoms with Gasteiger partial charge >= 0.3 is 0 Å². The van der Waals surface area contributed by atoms with E-state index in [0.29, 0.717) is 0 Å². The summed E-state index contributed by atoms with van der Waals surface area (Å²) in [5.41, 5.74) is 3.55. The van der Waals surface area contributed by atoms with E-state index < -0.39 is 0 Å². The molecule has 120 valence electrons. The first-order chi connectivity index (χ1) is 9.27. The molecule has 0 heterocycles. The van der Waals surface area contributed by atoms with Crippen molar-refractivity contribution in [2.75, 3.05) is 0 Å². The Morgan fingerprint density at radius 2 is 1.05 bits per heavy atom. The van der Waals surface area contributed by atoms with Crippen molar-refractivity contribution in [2.45, 2.75) is 69.7 Å². The average molecular weight is 281 g/mol. The summed E-state index contributed by atoms with van der Waals surface area (Å²) >= 11 is 0. The number of hydrogen-bond donors (Lipinski definition) is 0. The van der Waals surface area contributed by atoms with Crippen LogP contribution in [-0.4, -0.2) is 0 Å². The molecule has 1 aromatic rings. The Balaban J connectivity index is -0.0000000722. The number of benzene rings is 1. The molecule has 0 saturated heterocycles. The summed E-state index contributed by atoms with van der Waals surface area (Å²) in [6, 6.07) is 6.23. The first kappa shape index (κ1) is 31.2. The predicted molar refractivity (Wildman–Crippen MR) is 103 cm³/mol. The largest absolute Gasteiger partial charge is 0.0984 e. The maximum absolute atomic E-state index is 3.73. The molecule has 1 aromatic carbocycles. The van der Waals surface area contributed by atoms with Crippen molar-refractivity contribution < 1.29 is 0 Å². The second-order valence-corrected chi connectivity index (χ2v) is 2.54. The Hall–Kier alpha value is -1.30. The van der Waals surface area contributed by atoms with Gasteiger partial charge in [0.2, 0.25) is 0 Å². The van der Waals surface area contributed by atoms with Gasteiger partial charge in [0, 0.05) is 0 Å². The van der Waals surface area contributed by atoms with Crippen LogP contribution in [0.2, 0.25) is 0 Å². The van der Waals surface area contributed by atoms with E-state index in [4.69, 9.17) is 0 Å². The van der Waals surface area contributed by atoms with Crippen LogP contribution in [-0.2, 0) is 0 Å². The molecule has 20 heavy (non-hydrogen) atoms. The third-order valence-electron chi connectivity index (χ3n) is 1.68. The van der Waals surface area contributed by atoms with Crippen LogP contribution in [0.15, 0.2) is 31.4 Å². The molecule has 0 spiro atoms. The molecule has 0 nitrogen and oxygen atoms in total. The van der Waals surface area contributed by atoms with Crippen LogP contribution in [0.5, 0.6) is 0 Å². The lowest BCUT2D eigenvalue weighted by atomic mass is 10.0. The molecule has 0 saturated carbocycles. The maximum atomic E-state index is 3.73. The summed E-state index contributed by atoms with van der Waals surface area (Å²) in [7, 11) is 0. The molecule has 0 aliphatic carbocycles. The van der Waals surface area contributed by atoms with Crippen molar-refractivity contribution in [2.24, 2.45) is 0 Å². The highest BCUT2D eigenvalue weighted by Gasteiger charge is 1.93. The number of aryl methyl sites for hydroxylation is 1. The van der Waals surface area contributed by atoms with Gasteiger partial charge in [-0.2, -0.15) is 0 Å². The van der Waals surface area contributed by atoms with E-state index in [1.54, 1.807) is 0 Å². The molecule has 0 aliphatic heterocycles. The predicted octanol–water partition coefficient (Wildman–Crippen LogP) is 8.02. The molecule has 0 N–H and O–H groups in total. The molecule has 0 amide bonds. The topological polar surface area (TPSA) is 0 Å². The summed E-state index contributed by atoms with van der Waals surface area (Å²) in [6.07, 6.45) is 3.69. The quantitative estimate of drug-likeness (QED) is 0.514. The smallest absolute Gasteiger partial charge is 0.0187 e. The van der Waals surface area contributed by atoms with E-state index >= 15 is 0 Å². The molecule has 0 aliphatic rings. The molecule has 0 atom stereocenters. The molecule has 0 unspecified atom stereocenters. The Morgan fingerprint density at radius 3 is 1.35 bits per heavy atom. The Bertz CT molecular complexity index is 282. The summed E-state index contributed by atoms with van der Waals surface area (Å²) in [4.78, 5) is 0. The summed E-state index contributed by atoms with van der Waals surface area (Å²) in [5, 5.41) is 0. The Kier molecular flexibility index (Phi) is 47.8. The summed E-state index contributed by atoms with van der Waals surface area (Å²) < 4.78 is 0. The van der Waals surface area contributed by atoms with Crippen LogP contribution in [0.1, 0.15) is 79.5 Å². The maximum Gasteiger partial charge on any atom is -0.0187 e. The molecule has 0 fully saturated rings. The fraction of sp³-hybridized carbons (Fsp3) is 0.500. The van der Waals surface area contributed by atoms with Crippen LogP contribution in [0.3, 0.4) is 0 Å². The van der Waals surface area contributed by atoms with Crippen molar-refractivity contribution in [1.29, 1.82) is 0 Å². The van der Waals surface area contributed by atoms with Gasteiger partial charge < -0.3 is 0 Å². The highest BCUT2D eigenvalue weighted by Crippen LogP contribution is 2.13. The highest BCUT2D eigenvalue weighted by atomic mass is 14.0. The van der Waals surface area contributed by atoms with Crippen LogP contribution in [0.25, 0.3) is 12.2 Å². The fourth-order valence-electron chi connectivity index (χ4n) is 1.06. The molecular formula is C20H40. The minimum Gasteiger partial charge on any atom is -0.0984 e. The lowest BCUT2D eigenvalue weighted by molar-refractivity contribution is 1.45. The van der Waals surface area contributed by atoms with Crippen LogP contribution < -0.4 is 0 Å². The lowest BCUT2D eigenvalue weighted by Crippen LogP contribution is -1.80. The molecule has 0 bridgehead atoms. The van der Waals surface area contributed by atoms with Crippen LogP contribution in [0, 0.1) is 6.92 Å². The van der Waals surface area contributed by atoms with E-state index in [-0.39, 0.29) is 7.43 Å². The van der Waals surface area contributed by atoms with E-state index in [1.165, 1.54) is 5.56 Å². The molecular weight excluding hydrogens is 240 g/mol. The highest BCUT2D eigenvalue weighted by molar-refractivity contribution is 5.64. The van der Waals surface area contributed by atoms with Crippen molar-refractivity contribution in [3.63, 3.8) is 0 Å². The van der Waals surface area contributed by atoms with Gasteiger partial charge in [-0.1, -0.05) is 112 Å². The Morgan fingerprint density at radius 1 is 0.700 bits per heavy atom. The van der Waals surface area contributed by atoms with Gasteiger partial charge in [0.25, 0.3) is 0 Å². The van der Waals surface area contributed by atoms with Gasteiger partial charge in [-0.15, -0.1) is 0 Å². The van der Waals surface area contributed by atoms with Gasteiger partial charge in [-0.05, 0) is 18.1 Å². The minimum atomic E-state index is 0. The van der Waals surface area contributed by atoms with Crippen LogP contribution >= 0.6 is 0 Å². The molecule has 0 aromatic heterocycles. The minimum absolute atomic E-state index is 0. The third-order valence-corrected chi connectivity index (χ3v) is 1.68. The SMILES string of the molecule is C.C=Cc1ccc(C)cc1C=C.CC.CC.CC.CC. The van der Waals surface area contributed by atoms with E-state index in [9.17, 15) is 0 Å². The Labute approximate surface area is 130 Å². The van der Waals surface area contributed by atoms with Gasteiger partial charge in [0.05, 0.1) is 0 Å². The van der Waals surface area contributed by atoms with Crippen molar-refractivity contribution in [3.8, 4) is 0 Å². The molecule has 0 heteroatoms. The fourth-order valence-corrected chi connectivity index (χ4v) is 1.06. The van der Waals surface area contributed by atoms with E-state index in [0.717, 1.165) is 11.1 Å². The van der Waals surface area contributed by atoms with E-state index in [2.05, 4.69) is 38.3 Å². The van der Waals surface area contributed by atoms with E-state index in [1.807, 2.05) is 67.5 Å². The van der Waals surface area contributed by atoms with Crippen molar-refractivity contribution in [1.82, 2.24) is 0 Å². The van der Waals surface area contributed by atoms with Gasteiger partial charge in [0.15, 0.2) is 0 Å². The molecule has 0 radical (unpaired) electrons. The average Bonchev–Trinajstić information content (AvgIpc) is 2.55. The summed E-state index contributed by atoms with van der Waals surface area (Å²) in [5.74, 6) is 0. The first-order valence-corrected chi connectivity index (χ1v) is 7.63. The standard InChI is InChI=1S/C11H12.4C2H6.CH4/c1-4-10-7-6-9(3)8-11(10)5-2;4*1-2;/h4-8H,1-2H2,3H3;4*1-2H3;1H4. The zero-order valence-corrected chi connectivity index (χ0v) is 14.8. The van der Waals surface area contributed by atoms with Gasteiger partial charge in [0.1, 0.15) is 0 Å². The third kappa shape index (κ3) is 16.7. The van der Waals surface area contributed by atoms with Crippen LogP contribution in [0.4, 0.5) is 0 Å². The normalized spacial score (nSPS) is 6.25. The zero-order valence-electron chi connectivity index (χ0n) is 14.8. The van der Waals surface area contributed by atoms with Gasteiger partial charge in [-0.25, -0.2) is 0 Å². The van der Waals surface area contributed by atoms with Crippen molar-refractivity contribution >= 4 is 12.2 Å². The van der Waals surface area contributed by atoms with Crippen molar-refractivity contribution in [3.05, 3.63) is 48.0 Å². The lowest BCUT2D eigenvalue weighted by Gasteiger charge is -2.00.